The molecule has 2 N–H and O–H groups in total. The fraction of sp³-hybridized carbons (Fsp3) is 0.0455. The molecule has 0 radical (unpaired) electrons. The molecule has 0 saturated heterocycles. The van der Waals surface area contributed by atoms with Gasteiger partial charge < -0.3 is 10.1 Å². The Morgan fingerprint density at radius 1 is 0.939 bits per heavy atom. The average Bonchev–Trinajstić information content (AvgIpc) is 2.79. The van der Waals surface area contributed by atoms with Crippen LogP contribution in [0.3, 0.4) is 0 Å². The summed E-state index contributed by atoms with van der Waals surface area (Å²) in [6, 6.07) is 15.4. The molecule has 11 heteroatoms. The van der Waals surface area contributed by atoms with Crippen LogP contribution in [0.4, 0.5) is 20.2 Å². The standard InChI is InChI=1S/C22H15F2N3O5S/c23-19-8-7-18(11-20(19)24)33(30,31)27-17-6-2-4-15(10-17)22(29)32-13-21(28)26-16-5-1-3-14(9-16)12-25/h1-11,27H,13H2,(H,26,28). The van der Waals surface area contributed by atoms with Gasteiger partial charge in [-0.05, 0) is 54.6 Å². The lowest BCUT2D eigenvalue weighted by Crippen LogP contribution is -2.21. The van der Waals surface area contributed by atoms with Gasteiger partial charge in [-0.1, -0.05) is 12.1 Å². The molecular formula is C22H15F2N3O5S. The highest BCUT2D eigenvalue weighted by Gasteiger charge is 2.18. The third-order valence-electron chi connectivity index (χ3n) is 4.16. The Morgan fingerprint density at radius 2 is 1.67 bits per heavy atom. The van der Waals surface area contributed by atoms with Crippen LogP contribution in [0.2, 0.25) is 0 Å². The van der Waals surface area contributed by atoms with Crippen molar-refractivity contribution in [3.63, 3.8) is 0 Å². The highest BCUT2D eigenvalue weighted by Crippen LogP contribution is 2.19. The largest absolute Gasteiger partial charge is 0.452 e. The number of hydrogen-bond donors (Lipinski definition) is 2. The number of halogens is 2. The minimum absolute atomic E-state index is 0.0352. The Balaban J connectivity index is 1.63. The van der Waals surface area contributed by atoms with E-state index in [2.05, 4.69) is 10.0 Å². The Kier molecular flexibility index (Phi) is 7.00. The molecule has 0 aliphatic heterocycles. The summed E-state index contributed by atoms with van der Waals surface area (Å²) >= 11 is 0. The predicted octanol–water partition coefficient (Wildman–Crippen LogP) is 3.43. The fourth-order valence-corrected chi connectivity index (χ4v) is 3.71. The van der Waals surface area contributed by atoms with Crippen LogP contribution in [0, 0.1) is 23.0 Å². The second-order valence-electron chi connectivity index (χ2n) is 6.58. The van der Waals surface area contributed by atoms with Gasteiger partial charge in [0.05, 0.1) is 22.1 Å². The molecule has 0 aliphatic rings. The van der Waals surface area contributed by atoms with Crippen molar-refractivity contribution in [1.29, 1.82) is 5.26 Å². The number of ether oxygens (including phenoxy) is 1. The summed E-state index contributed by atoms with van der Waals surface area (Å²) in [4.78, 5) is 23.7. The topological polar surface area (TPSA) is 125 Å². The first-order chi connectivity index (χ1) is 15.7. The van der Waals surface area contributed by atoms with Gasteiger partial charge in [0.15, 0.2) is 18.2 Å². The van der Waals surface area contributed by atoms with Crippen LogP contribution in [0.25, 0.3) is 0 Å². The molecule has 0 heterocycles. The minimum atomic E-state index is -4.26. The van der Waals surface area contributed by atoms with Crippen molar-refractivity contribution in [2.75, 3.05) is 16.6 Å². The maximum atomic E-state index is 13.4. The molecule has 33 heavy (non-hydrogen) atoms. The smallest absolute Gasteiger partial charge is 0.338 e. The summed E-state index contributed by atoms with van der Waals surface area (Å²) < 4.78 is 58.3. The summed E-state index contributed by atoms with van der Waals surface area (Å²) in [5.74, 6) is -4.06. The SMILES string of the molecule is N#Cc1cccc(NC(=O)COC(=O)c2cccc(NS(=O)(=O)c3ccc(F)c(F)c3)c2)c1. The number of nitrogens with one attached hydrogen (secondary N) is 2. The summed E-state index contributed by atoms with van der Waals surface area (Å²) in [5, 5.41) is 11.3. The van der Waals surface area contributed by atoms with E-state index < -0.39 is 45.0 Å². The van der Waals surface area contributed by atoms with Crippen LogP contribution in [-0.4, -0.2) is 26.9 Å². The van der Waals surface area contributed by atoms with Gasteiger partial charge in [-0.15, -0.1) is 0 Å². The maximum Gasteiger partial charge on any atom is 0.338 e. The van der Waals surface area contributed by atoms with E-state index in [1.54, 1.807) is 18.2 Å². The number of hydrogen-bond acceptors (Lipinski definition) is 6. The molecule has 0 atom stereocenters. The Bertz CT molecular complexity index is 1370. The zero-order valence-electron chi connectivity index (χ0n) is 16.7. The third-order valence-corrected chi connectivity index (χ3v) is 5.54. The Morgan fingerprint density at radius 3 is 2.39 bits per heavy atom. The van der Waals surface area contributed by atoms with E-state index >= 15 is 0 Å². The van der Waals surface area contributed by atoms with Crippen LogP contribution in [-0.2, 0) is 19.6 Å². The molecule has 0 aromatic heterocycles. The van der Waals surface area contributed by atoms with Gasteiger partial charge in [-0.25, -0.2) is 22.0 Å². The molecule has 0 bridgehead atoms. The van der Waals surface area contributed by atoms with Gasteiger partial charge >= 0.3 is 5.97 Å². The number of esters is 1. The highest BCUT2D eigenvalue weighted by molar-refractivity contribution is 7.92. The van der Waals surface area contributed by atoms with Crippen LogP contribution < -0.4 is 10.0 Å². The normalized spacial score (nSPS) is 10.7. The maximum absolute atomic E-state index is 13.4. The van der Waals surface area contributed by atoms with Crippen molar-refractivity contribution in [3.8, 4) is 6.07 Å². The monoisotopic (exact) mass is 471 g/mol. The van der Waals surface area contributed by atoms with Crippen molar-refractivity contribution in [2.45, 2.75) is 4.90 Å². The van der Waals surface area contributed by atoms with Gasteiger partial charge in [0.25, 0.3) is 15.9 Å². The van der Waals surface area contributed by atoms with E-state index in [-0.39, 0.29) is 11.3 Å². The van der Waals surface area contributed by atoms with Crippen LogP contribution >= 0.6 is 0 Å². The van der Waals surface area contributed by atoms with E-state index in [4.69, 9.17) is 10.00 Å². The van der Waals surface area contributed by atoms with Gasteiger partial charge in [0.1, 0.15) is 0 Å². The first-order valence-corrected chi connectivity index (χ1v) is 10.7. The van der Waals surface area contributed by atoms with E-state index in [1.165, 1.54) is 24.3 Å². The molecule has 3 aromatic carbocycles. The van der Waals surface area contributed by atoms with E-state index in [1.807, 2.05) is 6.07 Å². The fourth-order valence-electron chi connectivity index (χ4n) is 2.65. The summed E-state index contributed by atoms with van der Waals surface area (Å²) in [7, 11) is -4.26. The zero-order valence-corrected chi connectivity index (χ0v) is 17.5. The van der Waals surface area contributed by atoms with Crippen molar-refractivity contribution < 1.29 is 31.5 Å². The summed E-state index contributed by atoms with van der Waals surface area (Å²) in [5.41, 5.74) is 0.600. The molecule has 0 saturated carbocycles. The minimum Gasteiger partial charge on any atom is -0.452 e. The summed E-state index contributed by atoms with van der Waals surface area (Å²) in [6.45, 7) is -0.625. The van der Waals surface area contributed by atoms with Gasteiger partial charge in [-0.3, -0.25) is 9.52 Å². The van der Waals surface area contributed by atoms with E-state index in [0.29, 0.717) is 23.4 Å². The summed E-state index contributed by atoms with van der Waals surface area (Å²) in [6.07, 6.45) is 0. The number of anilines is 2. The number of carbonyl (C=O) groups excluding carboxylic acids is 2. The number of sulfonamides is 1. The molecule has 0 spiro atoms. The highest BCUT2D eigenvalue weighted by atomic mass is 32.2. The first kappa shape index (κ1) is 23.4. The molecule has 3 aromatic rings. The number of carbonyl (C=O) groups is 2. The molecule has 1 amide bonds. The number of nitrogens with zero attached hydrogens (tertiary/aromatic N) is 1. The lowest BCUT2D eigenvalue weighted by molar-refractivity contribution is -0.119. The quantitative estimate of drug-likeness (QED) is 0.509. The number of amides is 1. The second-order valence-corrected chi connectivity index (χ2v) is 8.26. The van der Waals surface area contributed by atoms with Crippen molar-refractivity contribution in [2.24, 2.45) is 0 Å². The van der Waals surface area contributed by atoms with Crippen LogP contribution in [0.1, 0.15) is 15.9 Å². The zero-order chi connectivity index (χ0) is 24.0. The molecule has 0 fully saturated rings. The van der Waals surface area contributed by atoms with Crippen molar-refractivity contribution >= 4 is 33.3 Å². The number of nitriles is 1. The van der Waals surface area contributed by atoms with E-state index in [0.717, 1.165) is 12.1 Å². The molecular weight excluding hydrogens is 456 g/mol. The van der Waals surface area contributed by atoms with Gasteiger partial charge in [0, 0.05) is 11.4 Å². The van der Waals surface area contributed by atoms with E-state index in [9.17, 15) is 26.8 Å². The Hall–Kier alpha value is -4.30. The lowest BCUT2D eigenvalue weighted by atomic mass is 10.2. The van der Waals surface area contributed by atoms with Crippen LogP contribution in [0.5, 0.6) is 0 Å². The van der Waals surface area contributed by atoms with Crippen LogP contribution in [0.15, 0.2) is 71.6 Å². The van der Waals surface area contributed by atoms with Crippen molar-refractivity contribution in [3.05, 3.63) is 89.5 Å². The average molecular weight is 471 g/mol. The van der Waals surface area contributed by atoms with Gasteiger partial charge in [-0.2, -0.15) is 5.26 Å². The first-order valence-electron chi connectivity index (χ1n) is 9.23. The predicted molar refractivity (Wildman–Crippen MR) is 114 cm³/mol. The second kappa shape index (κ2) is 9.88. The third kappa shape index (κ3) is 6.11. The Labute approximate surface area is 187 Å². The molecule has 8 nitrogen and oxygen atoms in total. The number of benzene rings is 3. The number of rotatable bonds is 7. The molecule has 0 aliphatic carbocycles. The lowest BCUT2D eigenvalue weighted by Gasteiger charge is -2.10. The molecule has 0 unspecified atom stereocenters. The van der Waals surface area contributed by atoms with Gasteiger partial charge in [0.2, 0.25) is 0 Å². The van der Waals surface area contributed by atoms with Crippen molar-refractivity contribution in [1.82, 2.24) is 0 Å². The molecule has 168 valence electrons. The molecule has 3 rings (SSSR count).